The van der Waals surface area contributed by atoms with E-state index in [1.165, 1.54) is 7.11 Å². The third-order valence-electron chi connectivity index (χ3n) is 11.3. The van der Waals surface area contributed by atoms with Gasteiger partial charge in [-0.05, 0) is 120 Å². The van der Waals surface area contributed by atoms with Crippen LogP contribution in [0.3, 0.4) is 0 Å². The number of hydrogen-bond acceptors (Lipinski definition) is 11. The molecule has 4 aliphatic carbocycles. The Morgan fingerprint density at radius 2 is 1.32 bits per heavy atom. The summed E-state index contributed by atoms with van der Waals surface area (Å²) in [5.74, 6) is -3.22. The van der Waals surface area contributed by atoms with Gasteiger partial charge in [0.05, 0.1) is 55.9 Å². The van der Waals surface area contributed by atoms with Crippen LogP contribution in [0.15, 0.2) is 0 Å². The van der Waals surface area contributed by atoms with Crippen molar-refractivity contribution in [3.8, 4) is 0 Å². The summed E-state index contributed by atoms with van der Waals surface area (Å²) in [6, 6.07) is 0. The van der Waals surface area contributed by atoms with E-state index in [1.807, 2.05) is 6.92 Å². The van der Waals surface area contributed by atoms with Gasteiger partial charge in [0.25, 0.3) is 0 Å². The summed E-state index contributed by atoms with van der Waals surface area (Å²) in [4.78, 5) is 53.7. The van der Waals surface area contributed by atoms with Crippen LogP contribution in [0.2, 0.25) is 0 Å². The first-order valence-corrected chi connectivity index (χ1v) is 16.5. The smallest absolute Gasteiger partial charge is 0.312 e. The molecule has 0 bridgehead atoms. The average Bonchev–Trinajstić information content (AvgIpc) is 3.02. The van der Waals surface area contributed by atoms with Gasteiger partial charge in [0.15, 0.2) is 0 Å². The molecule has 7 unspecified atom stereocenters. The highest BCUT2D eigenvalue weighted by Crippen LogP contribution is 2.50. The summed E-state index contributed by atoms with van der Waals surface area (Å²) in [6.07, 6.45) is 6.77. The van der Waals surface area contributed by atoms with Crippen LogP contribution >= 0.6 is 0 Å². The molecular formula is C32H52O12. The van der Waals surface area contributed by atoms with Crippen molar-refractivity contribution in [1.82, 2.24) is 0 Å². The second-order valence-electron chi connectivity index (χ2n) is 13.8. The van der Waals surface area contributed by atoms with Gasteiger partial charge in [0, 0.05) is 0 Å². The standard InChI is InChI=1S/C32H52O12/c1-32(31(38)40-2,21-4-10-25(11-5-21)43-30(37)28-16-24(34)9-14-27(28)29(35)36)22-6-12-26(13-7-22)44-42-18-20-15-23(33)8-3-19(20)17-41-39/h19-28,33-34,39H,3-18H2,1-2H3,(H,35,36). The Labute approximate surface area is 259 Å². The van der Waals surface area contributed by atoms with Gasteiger partial charge in [-0.25, -0.2) is 14.7 Å². The van der Waals surface area contributed by atoms with Crippen LogP contribution in [-0.2, 0) is 38.5 Å². The zero-order valence-electron chi connectivity index (χ0n) is 26.1. The molecule has 4 saturated carbocycles. The molecule has 7 atom stereocenters. The number of methoxy groups -OCH3 is 1. The van der Waals surface area contributed by atoms with Crippen molar-refractivity contribution in [3.63, 3.8) is 0 Å². The summed E-state index contributed by atoms with van der Waals surface area (Å²) < 4.78 is 11.1. The molecule has 0 aromatic heterocycles. The van der Waals surface area contributed by atoms with E-state index in [9.17, 15) is 29.7 Å². The van der Waals surface area contributed by atoms with Crippen LogP contribution in [0.25, 0.3) is 0 Å². The lowest BCUT2D eigenvalue weighted by Gasteiger charge is -2.46. The molecule has 44 heavy (non-hydrogen) atoms. The number of carbonyl (C=O) groups excluding carboxylic acids is 2. The molecule has 0 spiro atoms. The summed E-state index contributed by atoms with van der Waals surface area (Å²) in [7, 11) is 1.42. The second kappa shape index (κ2) is 16.1. The van der Waals surface area contributed by atoms with E-state index >= 15 is 0 Å². The molecule has 12 nitrogen and oxygen atoms in total. The zero-order valence-corrected chi connectivity index (χ0v) is 26.1. The fourth-order valence-corrected chi connectivity index (χ4v) is 8.43. The van der Waals surface area contributed by atoms with E-state index in [1.54, 1.807) is 0 Å². The second-order valence-corrected chi connectivity index (χ2v) is 13.8. The van der Waals surface area contributed by atoms with Gasteiger partial charge in [-0.15, -0.1) is 0 Å². The minimum absolute atomic E-state index is 0.0344. The predicted octanol–water partition coefficient (Wildman–Crippen LogP) is 3.90. The first-order chi connectivity index (χ1) is 21.1. The first kappa shape index (κ1) is 35.0. The molecular weight excluding hydrogens is 576 g/mol. The highest BCUT2D eigenvalue weighted by Gasteiger charge is 2.50. The van der Waals surface area contributed by atoms with Gasteiger partial charge < -0.3 is 24.8 Å². The molecule has 4 rings (SSSR count). The average molecular weight is 629 g/mol. The summed E-state index contributed by atoms with van der Waals surface area (Å²) in [5.41, 5.74) is -0.701. The number of aliphatic hydroxyl groups excluding tert-OH is 2. The molecule has 12 heteroatoms. The molecule has 0 aliphatic heterocycles. The number of rotatable bonds is 12. The maximum absolute atomic E-state index is 13.3. The Balaban J connectivity index is 1.26. The Morgan fingerprint density at radius 1 is 0.727 bits per heavy atom. The Kier molecular flexibility index (Phi) is 12.8. The highest BCUT2D eigenvalue weighted by molar-refractivity contribution is 5.81. The van der Waals surface area contributed by atoms with Gasteiger partial charge in [-0.1, -0.05) is 0 Å². The van der Waals surface area contributed by atoms with E-state index < -0.39 is 35.3 Å². The van der Waals surface area contributed by atoms with Crippen molar-refractivity contribution in [2.24, 2.45) is 40.9 Å². The minimum Gasteiger partial charge on any atom is -0.481 e. The number of carbonyl (C=O) groups is 3. The van der Waals surface area contributed by atoms with E-state index in [-0.39, 0.29) is 67.4 Å². The molecule has 0 saturated heterocycles. The van der Waals surface area contributed by atoms with Gasteiger partial charge in [-0.2, -0.15) is 0 Å². The third-order valence-corrected chi connectivity index (χ3v) is 11.3. The third kappa shape index (κ3) is 8.50. The molecule has 252 valence electrons. The van der Waals surface area contributed by atoms with Crippen molar-refractivity contribution in [2.75, 3.05) is 20.3 Å². The van der Waals surface area contributed by atoms with Crippen LogP contribution in [-0.4, -0.2) is 83.2 Å². The molecule has 0 aromatic rings. The van der Waals surface area contributed by atoms with Gasteiger partial charge in [0.2, 0.25) is 0 Å². The molecule has 4 fully saturated rings. The van der Waals surface area contributed by atoms with Gasteiger partial charge in [0.1, 0.15) is 6.10 Å². The van der Waals surface area contributed by atoms with Gasteiger partial charge in [-0.3, -0.25) is 19.6 Å². The number of esters is 2. The van der Waals surface area contributed by atoms with Crippen molar-refractivity contribution in [1.29, 1.82) is 0 Å². The number of ether oxygens (including phenoxy) is 2. The SMILES string of the molecule is COC(=O)C(C)(C1CCC(OOCC2CC(O)CCC2COO)CC1)C1CCC(OC(=O)C2CC(O)CCC2C(=O)O)CC1. The largest absolute Gasteiger partial charge is 0.481 e. The van der Waals surface area contributed by atoms with E-state index in [4.69, 9.17) is 24.5 Å². The maximum atomic E-state index is 13.3. The number of carboxylic acid groups (broad SMARTS) is 1. The van der Waals surface area contributed by atoms with Crippen LogP contribution in [0, 0.1) is 40.9 Å². The lowest BCUT2D eigenvalue weighted by atomic mass is 9.59. The van der Waals surface area contributed by atoms with Crippen molar-refractivity contribution < 1.29 is 59.1 Å². The topological polar surface area (TPSA) is 178 Å². The molecule has 4 N–H and O–H groups in total. The van der Waals surface area contributed by atoms with Crippen LogP contribution in [0.5, 0.6) is 0 Å². The van der Waals surface area contributed by atoms with Crippen LogP contribution < -0.4 is 0 Å². The lowest BCUT2D eigenvalue weighted by Crippen LogP contribution is -2.47. The number of aliphatic hydroxyl groups is 2. The molecule has 0 heterocycles. The van der Waals surface area contributed by atoms with E-state index in [0.717, 1.165) is 32.1 Å². The number of aliphatic carboxylic acids is 1. The highest BCUT2D eigenvalue weighted by atomic mass is 17.2. The van der Waals surface area contributed by atoms with Crippen molar-refractivity contribution in [2.45, 2.75) is 121 Å². The van der Waals surface area contributed by atoms with Crippen molar-refractivity contribution in [3.05, 3.63) is 0 Å². The summed E-state index contributed by atoms with van der Waals surface area (Å²) in [6.45, 7) is 2.52. The maximum Gasteiger partial charge on any atom is 0.312 e. The molecule has 0 radical (unpaired) electrons. The van der Waals surface area contributed by atoms with Crippen LogP contribution in [0.4, 0.5) is 0 Å². The van der Waals surface area contributed by atoms with E-state index in [0.29, 0.717) is 51.6 Å². The fraction of sp³-hybridized carbons (Fsp3) is 0.906. The van der Waals surface area contributed by atoms with E-state index in [2.05, 4.69) is 4.89 Å². The molecule has 4 aliphatic rings. The lowest BCUT2D eigenvalue weighted by molar-refractivity contribution is -0.341. The first-order valence-electron chi connectivity index (χ1n) is 16.5. The van der Waals surface area contributed by atoms with Gasteiger partial charge >= 0.3 is 17.9 Å². The minimum atomic E-state index is -1.03. The zero-order chi connectivity index (χ0) is 31.9. The fourth-order valence-electron chi connectivity index (χ4n) is 8.43. The normalized spacial score (nSPS) is 37.8. The number of hydrogen-bond donors (Lipinski definition) is 4. The Hall–Kier alpha value is -1.83. The molecule has 0 aromatic carbocycles. The summed E-state index contributed by atoms with van der Waals surface area (Å²) in [5, 5.41) is 38.5. The van der Waals surface area contributed by atoms with Crippen molar-refractivity contribution >= 4 is 17.9 Å². The number of carboxylic acids is 1. The summed E-state index contributed by atoms with van der Waals surface area (Å²) >= 11 is 0. The van der Waals surface area contributed by atoms with Crippen LogP contribution in [0.1, 0.15) is 96.8 Å². The monoisotopic (exact) mass is 628 g/mol. The Morgan fingerprint density at radius 3 is 1.91 bits per heavy atom. The predicted molar refractivity (Wildman–Crippen MR) is 155 cm³/mol. The quantitative estimate of drug-likeness (QED) is 0.139. The molecule has 0 amide bonds. The Bertz CT molecular complexity index is 944.